The van der Waals surface area contributed by atoms with Crippen molar-refractivity contribution >= 4 is 88.4 Å². The van der Waals surface area contributed by atoms with E-state index in [9.17, 15) is 58.5 Å². The number of likely N-dealkylation sites (N-methyl/N-ethyl adjacent to an activating group) is 1. The third-order valence-corrected chi connectivity index (χ3v) is 15.9. The number of carboxylic acid groups (broad SMARTS) is 2. The molecule has 0 spiro atoms. The van der Waals surface area contributed by atoms with Gasteiger partial charge in [-0.1, -0.05) is 49.4 Å². The van der Waals surface area contributed by atoms with E-state index in [1.54, 1.807) is 49.4 Å². The highest BCUT2D eigenvalue weighted by Crippen LogP contribution is 2.30. The maximum atomic E-state index is 15.8. The van der Waals surface area contributed by atoms with Crippen LogP contribution in [0.3, 0.4) is 0 Å². The van der Waals surface area contributed by atoms with Gasteiger partial charge in [-0.05, 0) is 68.0 Å². The van der Waals surface area contributed by atoms with Crippen LogP contribution >= 0.6 is 11.8 Å². The molecule has 27 nitrogen and oxygen atoms in total. The predicted molar refractivity (Wildman–Crippen MR) is 301 cm³/mol. The van der Waals surface area contributed by atoms with Gasteiger partial charge in [0.25, 0.3) is 5.91 Å². The first-order valence-corrected chi connectivity index (χ1v) is 28.4. The number of pyridine rings is 1. The van der Waals surface area contributed by atoms with E-state index in [1.165, 1.54) is 54.2 Å². The molecule has 0 radical (unpaired) electrons. The zero-order chi connectivity index (χ0) is 61.5. The van der Waals surface area contributed by atoms with Gasteiger partial charge < -0.3 is 72.0 Å². The summed E-state index contributed by atoms with van der Waals surface area (Å²) < 4.78 is 5.92. The van der Waals surface area contributed by atoms with E-state index in [0.29, 0.717) is 12.0 Å². The SMILES string of the molecule is CC[C@H]1NC(=O)[C@@H](NC(=O)c2ncccc2O)[C@@H](C)OC(=O)[C@H](c2ccccc2)NC(=O)[C@@H]2CC(=O)[C@H](CSC[C@H](NC(=O)CC[C@H](N)C(=O)O)C(=O)NCC(=O)O)CN2C(=O)[C@H](Cc2ccc(N(C)C)cc2)N(C)C(=O)[C@@H]2CCCN2C1=O. The van der Waals surface area contributed by atoms with E-state index in [2.05, 4.69) is 31.6 Å². The first-order chi connectivity index (χ1) is 39.9. The van der Waals surface area contributed by atoms with Crippen molar-refractivity contribution in [2.24, 2.45) is 11.7 Å². The van der Waals surface area contributed by atoms with Crippen molar-refractivity contribution in [1.82, 2.24) is 46.3 Å². The number of carboxylic acids is 2. The largest absolute Gasteiger partial charge is 0.505 e. The van der Waals surface area contributed by atoms with Gasteiger partial charge in [0.15, 0.2) is 11.7 Å². The lowest BCUT2D eigenvalue weighted by Crippen LogP contribution is -2.63. The number of carbonyl (C=O) groups is 12. The first kappa shape index (κ1) is 64.5. The van der Waals surface area contributed by atoms with Crippen LogP contribution in [-0.4, -0.2) is 207 Å². The summed E-state index contributed by atoms with van der Waals surface area (Å²) in [6.45, 7) is 1.65. The number of nitrogens with zero attached hydrogens (tertiary/aromatic N) is 5. The second kappa shape index (κ2) is 29.5. The van der Waals surface area contributed by atoms with Gasteiger partial charge in [-0.2, -0.15) is 11.8 Å². The van der Waals surface area contributed by atoms with E-state index in [0.717, 1.165) is 22.3 Å². The number of thioether (sulfide) groups is 1. The Kier molecular flexibility index (Phi) is 22.7. The molecule has 0 bridgehead atoms. The van der Waals surface area contributed by atoms with Gasteiger partial charge in [-0.3, -0.25) is 52.7 Å². The van der Waals surface area contributed by atoms with Gasteiger partial charge in [-0.25, -0.2) is 9.78 Å². The highest BCUT2D eigenvalue weighted by Gasteiger charge is 2.48. The number of aliphatic carboxylic acids is 2. The van der Waals surface area contributed by atoms with E-state index >= 15 is 14.4 Å². The average Bonchev–Trinajstić information content (AvgIpc) is 2.68. The quantitative estimate of drug-likeness (QED) is 0.0657. The number of esters is 1. The Morgan fingerprint density at radius 1 is 0.893 bits per heavy atom. The molecule has 10 N–H and O–H groups in total. The van der Waals surface area contributed by atoms with Crippen LogP contribution < -0.4 is 37.2 Å². The molecule has 8 amide bonds. The van der Waals surface area contributed by atoms with Crippen molar-refractivity contribution in [3.05, 3.63) is 89.7 Å². The number of fused-ring (bicyclic) bond motifs is 2. The molecule has 3 aliphatic rings. The predicted octanol–water partition coefficient (Wildman–Crippen LogP) is -0.893. The van der Waals surface area contributed by atoms with Gasteiger partial charge in [0.1, 0.15) is 66.5 Å². The number of cyclic esters (lactones) is 1. The molecule has 84 heavy (non-hydrogen) atoms. The molecule has 1 aromatic heterocycles. The number of ketones is 1. The van der Waals surface area contributed by atoms with Crippen LogP contribution in [0.2, 0.25) is 0 Å². The minimum absolute atomic E-state index is 0.0225. The third-order valence-electron chi connectivity index (χ3n) is 14.7. The Balaban J connectivity index is 1.42. The molecule has 3 fully saturated rings. The molecule has 0 saturated carbocycles. The number of ether oxygens (including phenoxy) is 1. The fourth-order valence-corrected chi connectivity index (χ4v) is 11.1. The van der Waals surface area contributed by atoms with Crippen LogP contribution in [-0.2, 0) is 63.9 Å². The lowest BCUT2D eigenvalue weighted by Gasteiger charge is -2.42. The summed E-state index contributed by atoms with van der Waals surface area (Å²) in [5.74, 6) is -13.5. The highest BCUT2D eigenvalue weighted by molar-refractivity contribution is 7.99. The summed E-state index contributed by atoms with van der Waals surface area (Å²) >= 11 is 0.967. The van der Waals surface area contributed by atoms with Crippen LogP contribution in [0.5, 0.6) is 5.75 Å². The van der Waals surface area contributed by atoms with Gasteiger partial charge in [0.2, 0.25) is 41.4 Å². The molecule has 4 heterocycles. The normalized spacial score (nSPS) is 23.5. The number of amides is 8. The van der Waals surface area contributed by atoms with Crippen molar-refractivity contribution in [2.75, 3.05) is 57.2 Å². The number of nitrogens with two attached hydrogens (primary N) is 1. The third kappa shape index (κ3) is 16.5. The average molecular weight is 1190 g/mol. The van der Waals surface area contributed by atoms with Gasteiger partial charge in [0.05, 0.1) is 0 Å². The molecule has 0 unspecified atom stereocenters. The Morgan fingerprint density at radius 2 is 1.60 bits per heavy atom. The fraction of sp³-hybridized carbons (Fsp3) is 0.482. The molecule has 3 saturated heterocycles. The molecule has 6 rings (SSSR count). The Morgan fingerprint density at radius 3 is 2.24 bits per heavy atom. The zero-order valence-corrected chi connectivity index (χ0v) is 47.9. The number of aromatic nitrogens is 1. The number of benzene rings is 2. The monoisotopic (exact) mass is 1190 g/mol. The lowest BCUT2D eigenvalue weighted by molar-refractivity contribution is -0.157. The van der Waals surface area contributed by atoms with Crippen LogP contribution in [0.25, 0.3) is 0 Å². The molecule has 2 aromatic carbocycles. The number of hydrogen-bond acceptors (Lipinski definition) is 18. The lowest BCUT2D eigenvalue weighted by atomic mass is 9.90. The molecule has 3 aliphatic heterocycles. The standard InChI is InChI=1S/C56H71N11O16S/c1-6-36-52(77)66-23-11-14-38(66)53(78)65(5)40(24-31-16-18-34(19-17-31)64(3)4)54(79)67-27-33(28-84-29-37(48(73)59-26-44(71)72)60-43(70)21-20-35(57)55(80)81)42(69)25-39(67)49(74)63-46(32-12-8-7-9-13-32)56(82)83-30(2)45(50(75)61-36)62-51(76)47-41(68)15-10-22-58-47/h7-10,12-13,15-19,22,30,33,35-40,45-46,68H,6,11,14,20-21,23-29,57H2,1-5H3,(H,59,73)(H,60,70)(H,61,75)(H,62,76)(H,63,74)(H,71,72)(H,80,81)/t30-,33+,35+,36-,37+,38+,39+,40+,45+,46+/m1/s1. The topological polar surface area (TPSA) is 387 Å². The number of aromatic hydroxyl groups is 1. The molecule has 0 aliphatic carbocycles. The van der Waals surface area contributed by atoms with Crippen LogP contribution in [0, 0.1) is 5.92 Å². The van der Waals surface area contributed by atoms with Crippen molar-refractivity contribution in [2.45, 2.75) is 113 Å². The number of hydrogen-bond donors (Lipinski definition) is 9. The summed E-state index contributed by atoms with van der Waals surface area (Å²) in [4.78, 5) is 176. The molecular weight excluding hydrogens is 1110 g/mol. The molecule has 10 atom stereocenters. The van der Waals surface area contributed by atoms with Gasteiger partial charge >= 0.3 is 17.9 Å². The number of carbonyl (C=O) groups excluding carboxylic acids is 10. The number of piperidine rings is 1. The minimum atomic E-state index is -1.79. The minimum Gasteiger partial charge on any atom is -0.505 e. The van der Waals surface area contributed by atoms with Crippen molar-refractivity contribution in [1.29, 1.82) is 0 Å². The number of Topliss-reactive ketones (excluding diaryl/α,β-unsaturated/α-hetero) is 1. The van der Waals surface area contributed by atoms with E-state index in [-0.39, 0.29) is 49.3 Å². The molecule has 3 aromatic rings. The summed E-state index contributed by atoms with van der Waals surface area (Å²) in [5, 5.41) is 41.4. The summed E-state index contributed by atoms with van der Waals surface area (Å²) in [6.07, 6.45) is -1.42. The van der Waals surface area contributed by atoms with E-state index < -0.39 is 169 Å². The Hall–Kier alpha value is -8.66. The maximum Gasteiger partial charge on any atom is 0.333 e. The van der Waals surface area contributed by atoms with Crippen LogP contribution in [0.1, 0.15) is 80.0 Å². The highest BCUT2D eigenvalue weighted by atomic mass is 32.2. The zero-order valence-electron chi connectivity index (χ0n) is 47.1. The first-order valence-electron chi connectivity index (χ1n) is 27.2. The Bertz CT molecular complexity index is 2950. The van der Waals surface area contributed by atoms with Crippen LogP contribution in [0.15, 0.2) is 72.9 Å². The second-order valence-corrected chi connectivity index (χ2v) is 21.9. The van der Waals surface area contributed by atoms with Crippen LogP contribution in [0.4, 0.5) is 5.69 Å². The number of rotatable bonds is 19. The van der Waals surface area contributed by atoms with Gasteiger partial charge in [-0.15, -0.1) is 0 Å². The molecule has 28 heteroatoms. The van der Waals surface area contributed by atoms with E-state index in [1.807, 2.05) is 19.0 Å². The second-order valence-electron chi connectivity index (χ2n) is 20.8. The summed E-state index contributed by atoms with van der Waals surface area (Å²) in [5.41, 5.74) is 6.61. The summed E-state index contributed by atoms with van der Waals surface area (Å²) in [6, 6.07) is 5.48. The van der Waals surface area contributed by atoms with Crippen molar-refractivity contribution in [3.8, 4) is 5.75 Å². The maximum absolute atomic E-state index is 15.8. The van der Waals surface area contributed by atoms with Crippen molar-refractivity contribution < 1.29 is 77.6 Å². The fourth-order valence-electron chi connectivity index (χ4n) is 9.90. The summed E-state index contributed by atoms with van der Waals surface area (Å²) in [7, 11) is 5.05. The molecular formula is C56H71N11O16S. The smallest absolute Gasteiger partial charge is 0.333 e. The van der Waals surface area contributed by atoms with Gasteiger partial charge in [0, 0.05) is 82.8 Å². The van der Waals surface area contributed by atoms with E-state index in [4.69, 9.17) is 10.5 Å². The molecule has 452 valence electrons. The number of anilines is 1. The number of nitrogens with one attached hydrogen (secondary N) is 5. The van der Waals surface area contributed by atoms with Crippen molar-refractivity contribution in [3.63, 3.8) is 0 Å². The Labute approximate surface area is 488 Å².